The van der Waals surface area contributed by atoms with Gasteiger partial charge in [0.05, 0.1) is 0 Å². The fourth-order valence-corrected chi connectivity index (χ4v) is 3.26. The van der Waals surface area contributed by atoms with Crippen LogP contribution in [0.5, 0.6) is 0 Å². The number of aryl methyl sites for hydroxylation is 1. The zero-order chi connectivity index (χ0) is 19.6. The molecule has 1 heterocycles. The first-order valence-corrected chi connectivity index (χ1v) is 8.73. The van der Waals surface area contributed by atoms with E-state index in [9.17, 15) is 19.8 Å². The number of anilines is 1. The minimum absolute atomic E-state index is 0.0116. The molecule has 6 nitrogen and oxygen atoms in total. The van der Waals surface area contributed by atoms with Crippen LogP contribution in [0.3, 0.4) is 0 Å². The van der Waals surface area contributed by atoms with Crippen LogP contribution in [0.4, 0.5) is 5.69 Å². The molecule has 2 aromatic carbocycles. The Morgan fingerprint density at radius 1 is 1.19 bits per heavy atom. The summed E-state index contributed by atoms with van der Waals surface area (Å²) in [5.41, 5.74) is 2.86. The normalized spacial score (nSPS) is 13.3. The largest absolute Gasteiger partial charge is 0.479 e. The van der Waals surface area contributed by atoms with E-state index in [0.29, 0.717) is 16.6 Å². The molecule has 0 aliphatic rings. The molecule has 140 valence electrons. The Labute approximate surface area is 156 Å². The molecule has 1 unspecified atom stereocenters. The molecular weight excluding hydrogens is 344 g/mol. The molecule has 3 rings (SSSR count). The van der Waals surface area contributed by atoms with Gasteiger partial charge in [-0.25, -0.2) is 4.79 Å². The zero-order valence-electron chi connectivity index (χ0n) is 15.2. The topological polar surface area (TPSA) is 102 Å². The van der Waals surface area contributed by atoms with Gasteiger partial charge in [0.25, 0.3) is 5.56 Å². The van der Waals surface area contributed by atoms with Crippen molar-refractivity contribution in [2.45, 2.75) is 25.8 Å². The lowest BCUT2D eigenvalue weighted by Gasteiger charge is -2.19. The predicted molar refractivity (Wildman–Crippen MR) is 105 cm³/mol. The second-order valence-corrected chi connectivity index (χ2v) is 6.72. The molecule has 27 heavy (non-hydrogen) atoms. The van der Waals surface area contributed by atoms with Gasteiger partial charge in [-0.2, -0.15) is 0 Å². The van der Waals surface area contributed by atoms with Crippen LogP contribution in [0.25, 0.3) is 10.8 Å². The number of aromatic nitrogens is 1. The van der Waals surface area contributed by atoms with E-state index in [2.05, 4.69) is 10.3 Å². The number of aliphatic carboxylic acids is 1. The number of H-pyrrole nitrogens is 1. The molecule has 0 radical (unpaired) electrons. The van der Waals surface area contributed by atoms with Crippen molar-refractivity contribution in [1.29, 1.82) is 0 Å². The first-order valence-electron chi connectivity index (χ1n) is 8.73. The third-order valence-electron chi connectivity index (χ3n) is 4.77. The van der Waals surface area contributed by atoms with Crippen LogP contribution in [0.15, 0.2) is 53.5 Å². The lowest BCUT2D eigenvalue weighted by molar-refractivity contribution is -0.138. The van der Waals surface area contributed by atoms with Crippen molar-refractivity contribution in [2.24, 2.45) is 0 Å². The number of fused-ring (bicyclic) bond motifs is 1. The van der Waals surface area contributed by atoms with Crippen molar-refractivity contribution < 1.29 is 15.0 Å². The van der Waals surface area contributed by atoms with Gasteiger partial charge < -0.3 is 20.5 Å². The number of carbonyl (C=O) groups is 1. The summed E-state index contributed by atoms with van der Waals surface area (Å²) in [5, 5.41) is 23.3. The number of hydrogen-bond acceptors (Lipinski definition) is 4. The number of rotatable bonds is 6. The van der Waals surface area contributed by atoms with E-state index in [1.807, 2.05) is 26.0 Å². The van der Waals surface area contributed by atoms with Crippen LogP contribution in [-0.2, 0) is 4.79 Å². The van der Waals surface area contributed by atoms with Crippen molar-refractivity contribution in [3.8, 4) is 0 Å². The lowest BCUT2D eigenvalue weighted by atomic mass is 9.93. The second-order valence-electron chi connectivity index (χ2n) is 6.72. The van der Waals surface area contributed by atoms with Gasteiger partial charge in [0, 0.05) is 29.8 Å². The number of aliphatic hydroxyl groups is 1. The minimum atomic E-state index is -1.01. The Balaban J connectivity index is 1.95. The standard InChI is InChI=1S/C21H22N2O4/c1-12-9-15(4-6-17(12)13(2)11-24)19(21(26)27)23-16-5-3-14-7-8-22-20(25)18(14)10-16/h3-10,13,19,23-24H,11H2,1-2H3,(H,22,25)(H,26,27)/t13-,19?/m0/s1. The molecule has 0 bridgehead atoms. The molecule has 0 amide bonds. The Morgan fingerprint density at radius 3 is 2.63 bits per heavy atom. The Kier molecular flexibility index (Phi) is 5.28. The minimum Gasteiger partial charge on any atom is -0.479 e. The highest BCUT2D eigenvalue weighted by molar-refractivity contribution is 5.86. The predicted octanol–water partition coefficient (Wildman–Crippen LogP) is 3.17. The Hall–Kier alpha value is -3.12. The fraction of sp³-hybridized carbons (Fsp3) is 0.238. The van der Waals surface area contributed by atoms with E-state index >= 15 is 0 Å². The van der Waals surface area contributed by atoms with Crippen LogP contribution in [-0.4, -0.2) is 27.8 Å². The first kappa shape index (κ1) is 18.7. The quantitative estimate of drug-likeness (QED) is 0.537. The van der Waals surface area contributed by atoms with Crippen LogP contribution < -0.4 is 10.9 Å². The highest BCUT2D eigenvalue weighted by Gasteiger charge is 2.21. The molecule has 0 aliphatic heterocycles. The van der Waals surface area contributed by atoms with Gasteiger partial charge in [0.15, 0.2) is 6.04 Å². The molecule has 0 aliphatic carbocycles. The Morgan fingerprint density at radius 2 is 1.96 bits per heavy atom. The maximum Gasteiger partial charge on any atom is 0.330 e. The van der Waals surface area contributed by atoms with Crippen LogP contribution in [0.2, 0.25) is 0 Å². The second kappa shape index (κ2) is 7.63. The summed E-state index contributed by atoms with van der Waals surface area (Å²) in [6, 6.07) is 11.5. The van der Waals surface area contributed by atoms with Gasteiger partial charge in [0.1, 0.15) is 0 Å². The number of aromatic amines is 1. The van der Waals surface area contributed by atoms with Crippen LogP contribution in [0.1, 0.15) is 35.6 Å². The summed E-state index contributed by atoms with van der Waals surface area (Å²) in [7, 11) is 0. The average Bonchev–Trinajstić information content (AvgIpc) is 2.65. The van der Waals surface area contributed by atoms with Gasteiger partial charge in [-0.3, -0.25) is 4.79 Å². The zero-order valence-corrected chi connectivity index (χ0v) is 15.2. The number of hydrogen-bond donors (Lipinski definition) is 4. The third kappa shape index (κ3) is 3.85. The molecule has 4 N–H and O–H groups in total. The number of carboxylic acids is 1. The molecular formula is C21H22N2O4. The molecule has 1 aromatic heterocycles. The smallest absolute Gasteiger partial charge is 0.330 e. The third-order valence-corrected chi connectivity index (χ3v) is 4.77. The first-order chi connectivity index (χ1) is 12.9. The van der Waals surface area contributed by atoms with Crippen molar-refractivity contribution in [1.82, 2.24) is 4.98 Å². The van der Waals surface area contributed by atoms with E-state index in [1.54, 1.807) is 36.5 Å². The average molecular weight is 366 g/mol. The summed E-state index contributed by atoms with van der Waals surface area (Å²) in [4.78, 5) is 26.4. The Bertz CT molecular complexity index is 1040. The van der Waals surface area contributed by atoms with E-state index in [-0.39, 0.29) is 18.1 Å². The summed E-state index contributed by atoms with van der Waals surface area (Å²) in [6.07, 6.45) is 1.58. The van der Waals surface area contributed by atoms with E-state index in [0.717, 1.165) is 16.5 Å². The molecule has 0 saturated carbocycles. The van der Waals surface area contributed by atoms with Crippen LogP contribution in [0, 0.1) is 6.92 Å². The maximum atomic E-state index is 12.0. The number of benzene rings is 2. The number of pyridine rings is 1. The molecule has 0 spiro atoms. The van der Waals surface area contributed by atoms with Gasteiger partial charge >= 0.3 is 5.97 Å². The molecule has 0 saturated heterocycles. The number of carboxylic acid groups (broad SMARTS) is 1. The van der Waals surface area contributed by atoms with Crippen molar-refractivity contribution in [2.75, 3.05) is 11.9 Å². The summed E-state index contributed by atoms with van der Waals surface area (Å²) < 4.78 is 0. The molecule has 0 fully saturated rings. The lowest BCUT2D eigenvalue weighted by Crippen LogP contribution is -2.21. The molecule has 6 heteroatoms. The molecule has 2 atom stereocenters. The fourth-order valence-electron chi connectivity index (χ4n) is 3.26. The van der Waals surface area contributed by atoms with Gasteiger partial charge in [-0.05, 0) is 47.2 Å². The summed E-state index contributed by atoms with van der Waals surface area (Å²) in [5.74, 6) is -1.03. The van der Waals surface area contributed by atoms with Gasteiger partial charge in [0.2, 0.25) is 0 Å². The van der Waals surface area contributed by atoms with E-state index in [4.69, 9.17) is 0 Å². The van der Waals surface area contributed by atoms with Gasteiger partial charge in [-0.1, -0.05) is 31.2 Å². The van der Waals surface area contributed by atoms with Crippen molar-refractivity contribution in [3.05, 3.63) is 75.7 Å². The molecule has 3 aromatic rings. The summed E-state index contributed by atoms with van der Waals surface area (Å²) >= 11 is 0. The van der Waals surface area contributed by atoms with Crippen LogP contribution >= 0.6 is 0 Å². The SMILES string of the molecule is Cc1cc(C(Nc2ccc3cc[nH]c(=O)c3c2)C(=O)O)ccc1[C@@H](C)CO. The van der Waals surface area contributed by atoms with E-state index in [1.165, 1.54) is 0 Å². The highest BCUT2D eigenvalue weighted by atomic mass is 16.4. The van der Waals surface area contributed by atoms with Crippen molar-refractivity contribution >= 4 is 22.4 Å². The number of aliphatic hydroxyl groups excluding tert-OH is 1. The maximum absolute atomic E-state index is 12.0. The van der Waals surface area contributed by atoms with Gasteiger partial charge in [-0.15, -0.1) is 0 Å². The van der Waals surface area contributed by atoms with E-state index < -0.39 is 12.0 Å². The number of nitrogens with one attached hydrogen (secondary N) is 2. The summed E-state index contributed by atoms with van der Waals surface area (Å²) in [6.45, 7) is 3.85. The highest BCUT2D eigenvalue weighted by Crippen LogP contribution is 2.26. The monoisotopic (exact) mass is 366 g/mol. The van der Waals surface area contributed by atoms with Crippen molar-refractivity contribution in [3.63, 3.8) is 0 Å².